The minimum Gasteiger partial charge on any atom is -0.0622 e. The molecule has 49 heavy (non-hydrogen) atoms. The molecule has 0 heteroatoms. The highest BCUT2D eigenvalue weighted by Crippen LogP contribution is 2.59. The predicted molar refractivity (Wildman–Crippen MR) is 206 cm³/mol. The maximum Gasteiger partial charge on any atom is 0.0719 e. The molecular formula is C49H30. The highest BCUT2D eigenvalue weighted by Gasteiger charge is 2.47. The Morgan fingerprint density at radius 2 is 0.939 bits per heavy atom. The highest BCUT2D eigenvalue weighted by molar-refractivity contribution is 6.22. The molecule has 0 spiro atoms. The Hall–Kier alpha value is -6.24. The van der Waals surface area contributed by atoms with Gasteiger partial charge in [-0.15, -0.1) is 0 Å². The van der Waals surface area contributed by atoms with Crippen molar-refractivity contribution >= 4 is 32.3 Å². The summed E-state index contributed by atoms with van der Waals surface area (Å²) in [5.41, 5.74) is 15.3. The van der Waals surface area contributed by atoms with E-state index in [1.165, 1.54) is 99.1 Å². The Kier molecular flexibility index (Phi) is 5.41. The summed E-state index contributed by atoms with van der Waals surface area (Å²) in [5.74, 6) is 0. The largest absolute Gasteiger partial charge is 0.0719 e. The fraction of sp³-hybridized carbons (Fsp3) is 0.0204. The molecule has 2 aliphatic carbocycles. The van der Waals surface area contributed by atoms with Gasteiger partial charge in [0.1, 0.15) is 0 Å². The average Bonchev–Trinajstić information content (AvgIpc) is 3.67. The molecule has 9 aromatic rings. The first-order valence-corrected chi connectivity index (χ1v) is 17.2. The number of hydrogen-bond donors (Lipinski definition) is 0. The summed E-state index contributed by atoms with van der Waals surface area (Å²) in [6, 6.07) is 68.1. The standard InChI is InChI=1S/C49H30/c1-3-15-36(16-4-1)49(37-17-5-2-6-18-37)45-30-33(24-25-40(45)42-27-23-32-13-8-10-20-39(32)48(42)49)35-28-34-14-11-21-43-46(34)44(29-35)41-26-22-31-12-7-9-19-38(31)47(41)43/h1-30H. The zero-order valence-electron chi connectivity index (χ0n) is 26.8. The zero-order chi connectivity index (χ0) is 32.1. The summed E-state index contributed by atoms with van der Waals surface area (Å²) in [4.78, 5) is 0. The van der Waals surface area contributed by atoms with Crippen LogP contribution in [0.1, 0.15) is 22.3 Å². The van der Waals surface area contributed by atoms with Crippen LogP contribution >= 0.6 is 0 Å². The van der Waals surface area contributed by atoms with Gasteiger partial charge in [0.15, 0.2) is 0 Å². The molecule has 0 nitrogen and oxygen atoms in total. The van der Waals surface area contributed by atoms with Crippen LogP contribution in [0.3, 0.4) is 0 Å². The molecule has 0 heterocycles. The minimum atomic E-state index is -0.476. The van der Waals surface area contributed by atoms with Crippen LogP contribution in [-0.2, 0) is 5.41 Å². The Bertz CT molecular complexity index is 2770. The lowest BCUT2D eigenvalue weighted by Gasteiger charge is -2.35. The van der Waals surface area contributed by atoms with Crippen LogP contribution in [0.4, 0.5) is 0 Å². The van der Waals surface area contributed by atoms with Crippen LogP contribution in [0.15, 0.2) is 182 Å². The third-order valence-corrected chi connectivity index (χ3v) is 11.2. The highest BCUT2D eigenvalue weighted by atomic mass is 14.5. The van der Waals surface area contributed by atoms with Crippen molar-refractivity contribution in [2.45, 2.75) is 5.41 Å². The topological polar surface area (TPSA) is 0 Å². The third kappa shape index (κ3) is 3.53. The average molecular weight is 619 g/mol. The quantitative estimate of drug-likeness (QED) is 0.185. The monoisotopic (exact) mass is 618 g/mol. The minimum absolute atomic E-state index is 0.476. The second kappa shape index (κ2) is 9.89. The van der Waals surface area contributed by atoms with Crippen LogP contribution in [0.25, 0.3) is 76.8 Å². The van der Waals surface area contributed by atoms with Gasteiger partial charge in [0.2, 0.25) is 0 Å². The molecule has 0 amide bonds. The second-order valence-corrected chi connectivity index (χ2v) is 13.6. The van der Waals surface area contributed by atoms with Crippen LogP contribution < -0.4 is 0 Å². The number of benzene rings is 9. The molecule has 0 aromatic heterocycles. The van der Waals surface area contributed by atoms with Crippen molar-refractivity contribution in [3.63, 3.8) is 0 Å². The lowest BCUT2D eigenvalue weighted by atomic mass is 9.66. The molecule has 226 valence electrons. The van der Waals surface area contributed by atoms with Crippen LogP contribution in [0.2, 0.25) is 0 Å². The van der Waals surface area contributed by atoms with E-state index in [1.807, 2.05) is 0 Å². The Labute approximate surface area is 285 Å². The van der Waals surface area contributed by atoms with E-state index in [9.17, 15) is 0 Å². The summed E-state index contributed by atoms with van der Waals surface area (Å²) in [6.45, 7) is 0. The van der Waals surface area contributed by atoms with Gasteiger partial charge in [-0.2, -0.15) is 0 Å². The first-order valence-electron chi connectivity index (χ1n) is 17.2. The van der Waals surface area contributed by atoms with Gasteiger partial charge in [-0.25, -0.2) is 0 Å². The van der Waals surface area contributed by atoms with Gasteiger partial charge in [0.25, 0.3) is 0 Å². The van der Waals surface area contributed by atoms with Gasteiger partial charge in [-0.1, -0.05) is 164 Å². The van der Waals surface area contributed by atoms with Crippen molar-refractivity contribution in [2.24, 2.45) is 0 Å². The normalized spacial score (nSPS) is 13.5. The first kappa shape index (κ1) is 26.8. The van der Waals surface area contributed by atoms with Crippen LogP contribution in [0, 0.1) is 0 Å². The van der Waals surface area contributed by atoms with Crippen LogP contribution in [-0.4, -0.2) is 0 Å². The Balaban J connectivity index is 1.21. The summed E-state index contributed by atoms with van der Waals surface area (Å²) in [6.07, 6.45) is 0. The summed E-state index contributed by atoms with van der Waals surface area (Å²) < 4.78 is 0. The molecule has 0 fully saturated rings. The van der Waals surface area contributed by atoms with Crippen LogP contribution in [0.5, 0.6) is 0 Å². The molecule has 0 saturated carbocycles. The molecule has 0 unspecified atom stereocenters. The lowest BCUT2D eigenvalue weighted by molar-refractivity contribution is 0.776. The molecule has 0 N–H and O–H groups in total. The summed E-state index contributed by atoms with van der Waals surface area (Å²) in [5, 5.41) is 7.84. The molecule has 0 saturated heterocycles. The first-order chi connectivity index (χ1) is 24.3. The van der Waals surface area contributed by atoms with Gasteiger partial charge in [-0.3, -0.25) is 0 Å². The zero-order valence-corrected chi connectivity index (χ0v) is 26.8. The number of fused-ring (bicyclic) bond motifs is 10. The third-order valence-electron chi connectivity index (χ3n) is 11.2. The molecule has 0 radical (unpaired) electrons. The molecule has 9 aromatic carbocycles. The lowest BCUT2D eigenvalue weighted by Crippen LogP contribution is -2.28. The maximum absolute atomic E-state index is 2.50. The van der Waals surface area contributed by atoms with Crippen molar-refractivity contribution in [1.82, 2.24) is 0 Å². The van der Waals surface area contributed by atoms with E-state index in [0.29, 0.717) is 0 Å². The fourth-order valence-corrected chi connectivity index (χ4v) is 9.25. The molecule has 0 atom stereocenters. The van der Waals surface area contributed by atoms with Gasteiger partial charge >= 0.3 is 0 Å². The Morgan fingerprint density at radius 1 is 0.327 bits per heavy atom. The van der Waals surface area contributed by atoms with E-state index < -0.39 is 5.41 Å². The number of rotatable bonds is 3. The van der Waals surface area contributed by atoms with E-state index in [2.05, 4.69) is 182 Å². The van der Waals surface area contributed by atoms with Gasteiger partial charge in [0.05, 0.1) is 5.41 Å². The van der Waals surface area contributed by atoms with Crippen molar-refractivity contribution < 1.29 is 0 Å². The van der Waals surface area contributed by atoms with Gasteiger partial charge < -0.3 is 0 Å². The number of hydrogen-bond acceptors (Lipinski definition) is 0. The van der Waals surface area contributed by atoms with Gasteiger partial charge in [0, 0.05) is 0 Å². The summed E-state index contributed by atoms with van der Waals surface area (Å²) >= 11 is 0. The summed E-state index contributed by atoms with van der Waals surface area (Å²) in [7, 11) is 0. The van der Waals surface area contributed by atoms with Crippen molar-refractivity contribution in [1.29, 1.82) is 0 Å². The molecule has 2 aliphatic rings. The SMILES string of the molecule is c1ccc(C2(c3ccccc3)c3cc(-c4cc5c6c(cccc6c4)-c4c-5ccc5ccccc45)ccc3-c3ccc4ccccc4c32)cc1. The predicted octanol–water partition coefficient (Wildman–Crippen LogP) is 12.8. The molecule has 0 bridgehead atoms. The smallest absolute Gasteiger partial charge is 0.0622 e. The Morgan fingerprint density at radius 3 is 1.69 bits per heavy atom. The molecule has 11 rings (SSSR count). The van der Waals surface area contributed by atoms with Crippen molar-refractivity contribution in [3.05, 3.63) is 204 Å². The van der Waals surface area contributed by atoms with E-state index in [4.69, 9.17) is 0 Å². The maximum atomic E-state index is 2.50. The van der Waals surface area contributed by atoms with E-state index in [1.54, 1.807) is 0 Å². The van der Waals surface area contributed by atoms with E-state index >= 15 is 0 Å². The second-order valence-electron chi connectivity index (χ2n) is 13.6. The van der Waals surface area contributed by atoms with Gasteiger partial charge in [-0.05, 0) is 117 Å². The fourth-order valence-electron chi connectivity index (χ4n) is 9.25. The van der Waals surface area contributed by atoms with E-state index in [0.717, 1.165) is 0 Å². The molecular weight excluding hydrogens is 589 g/mol. The van der Waals surface area contributed by atoms with Crippen molar-refractivity contribution in [2.75, 3.05) is 0 Å². The molecule has 0 aliphatic heterocycles. The van der Waals surface area contributed by atoms with E-state index in [-0.39, 0.29) is 0 Å². The van der Waals surface area contributed by atoms with Crippen molar-refractivity contribution in [3.8, 4) is 44.5 Å².